The van der Waals surface area contributed by atoms with Crippen LogP contribution >= 0.6 is 0 Å². The average molecular weight is 1730 g/mol. The molecule has 2 aromatic carbocycles. The first-order valence-corrected chi connectivity index (χ1v) is 42.2. The molecule has 124 heavy (non-hydrogen) atoms. The van der Waals surface area contributed by atoms with Gasteiger partial charge in [0.15, 0.2) is 47.6 Å². The zero-order valence-electron chi connectivity index (χ0n) is 72.7. The molecule has 4 saturated carbocycles. The van der Waals surface area contributed by atoms with Crippen molar-refractivity contribution in [3.63, 3.8) is 0 Å². The summed E-state index contributed by atoms with van der Waals surface area (Å²) in [6, 6.07) is 16.6. The number of amides is 2. The minimum Gasteiger partial charge on any atom is -0.456 e. The third-order valence-corrected chi connectivity index (χ3v) is 27.3. The predicted octanol–water partition coefficient (Wildman–Crippen LogP) is 8.36. The van der Waals surface area contributed by atoms with Gasteiger partial charge in [-0.25, -0.2) is 53.1 Å². The largest absolute Gasteiger partial charge is 0.456 e. The highest BCUT2D eigenvalue weighted by atomic mass is 19.1. The SMILES string of the molecule is C=C[C@@H]1O[C@@H]2C3=C(C)[C@@H](OC(=O)[C@H](O)[C@@H](NC(=O)OC(C)(C)C)c4ncccn4)C[C@@](O)([C@@H](OC(=O)c4ccccc4)[C@H]4[C@@](C)(CC[C@H]5OC[C@]54OC(C)=O)[C@@H]2O1)C3(C)C.CC(=O)O[C@@]12CO[C@@H]1CC[C@@]1(C)[C@@H]3O[C@H](CN4CC(F)C4)O[C@@H]3C3=C(C)[C@@H](OC(=O)[C@H](O)[C@@H](NC(=O)OC(C)(C)C)c4ncccn4)C[C@@](O)([C@@H](OC(=O)c4ccccc4)[C@@H]12)C3(C)C. The molecular formula is C90H114FN7O26. The summed E-state index contributed by atoms with van der Waals surface area (Å²) in [5, 5.41) is 56.1. The van der Waals surface area contributed by atoms with Crippen LogP contribution in [0.3, 0.4) is 0 Å². The molecule has 15 rings (SSSR count). The van der Waals surface area contributed by atoms with Gasteiger partial charge < -0.3 is 97.4 Å². The summed E-state index contributed by atoms with van der Waals surface area (Å²) in [4.78, 5) is 128. The summed E-state index contributed by atoms with van der Waals surface area (Å²) < 4.78 is 103. The molecule has 11 aliphatic rings. The van der Waals surface area contributed by atoms with E-state index in [-0.39, 0.29) is 68.5 Å². The molecule has 34 heteroatoms. The van der Waals surface area contributed by atoms with Crippen LogP contribution in [-0.4, -0.2) is 252 Å². The quantitative estimate of drug-likeness (QED) is 0.0291. The van der Waals surface area contributed by atoms with Crippen molar-refractivity contribution in [2.75, 3.05) is 32.8 Å². The fourth-order valence-corrected chi connectivity index (χ4v) is 21.5. The number of alkyl carbamates (subject to hydrolysis) is 2. The van der Waals surface area contributed by atoms with Crippen molar-refractivity contribution in [1.29, 1.82) is 0 Å². The maximum Gasteiger partial charge on any atom is 0.408 e. The summed E-state index contributed by atoms with van der Waals surface area (Å²) >= 11 is 0. The first-order valence-electron chi connectivity index (χ1n) is 42.2. The molecule has 6 aliphatic carbocycles. The third-order valence-electron chi connectivity index (χ3n) is 27.3. The van der Waals surface area contributed by atoms with Gasteiger partial charge >= 0.3 is 48.0 Å². The van der Waals surface area contributed by atoms with Crippen molar-refractivity contribution < 1.29 is 129 Å². The van der Waals surface area contributed by atoms with E-state index in [0.717, 1.165) is 0 Å². The second-order valence-corrected chi connectivity index (χ2v) is 38.1. The number of aliphatic hydroxyl groups is 4. The summed E-state index contributed by atoms with van der Waals surface area (Å²) in [6.45, 7) is 31.6. The Morgan fingerprint density at radius 1 is 0.573 bits per heavy atom. The topological polar surface area (TPSA) is 426 Å². The van der Waals surface area contributed by atoms with Crippen LogP contribution in [-0.2, 0) is 85.5 Å². The molecule has 24 atom stereocenters. The number of fused-ring (bicyclic) bond motifs is 16. The Morgan fingerprint density at radius 2 is 0.960 bits per heavy atom. The Hall–Kier alpha value is -9.33. The fraction of sp³-hybridized carbons (Fsp3) is 0.622. The number of carbonyl (C=O) groups excluding carboxylic acids is 8. The molecule has 0 radical (unpaired) electrons. The molecule has 4 bridgehead atoms. The van der Waals surface area contributed by atoms with Gasteiger partial charge in [-0.1, -0.05) is 84.5 Å². The van der Waals surface area contributed by atoms with E-state index < -0.39 is 219 Å². The van der Waals surface area contributed by atoms with Crippen molar-refractivity contribution in [2.24, 2.45) is 33.5 Å². The van der Waals surface area contributed by atoms with Crippen LogP contribution in [0.2, 0.25) is 0 Å². The van der Waals surface area contributed by atoms with E-state index in [9.17, 15) is 63.2 Å². The highest BCUT2D eigenvalue weighted by Gasteiger charge is 2.80. The van der Waals surface area contributed by atoms with Gasteiger partial charge in [0.1, 0.15) is 89.5 Å². The van der Waals surface area contributed by atoms with Gasteiger partial charge in [-0.3, -0.25) is 14.5 Å². The number of carbonyl (C=O) groups is 8. The zero-order chi connectivity index (χ0) is 89.7. The Labute approximate surface area is 718 Å². The number of rotatable bonds is 19. The Kier molecular flexibility index (Phi) is 24.8. The summed E-state index contributed by atoms with van der Waals surface area (Å²) in [7, 11) is 0. The van der Waals surface area contributed by atoms with E-state index in [0.29, 0.717) is 48.0 Å². The van der Waals surface area contributed by atoms with Crippen LogP contribution in [0.15, 0.2) is 133 Å². The summed E-state index contributed by atoms with van der Waals surface area (Å²) in [5.74, 6) is -7.23. The third kappa shape index (κ3) is 16.4. The lowest BCUT2D eigenvalue weighted by Crippen LogP contribution is -2.79. The highest BCUT2D eigenvalue weighted by molar-refractivity contribution is 5.90. The van der Waals surface area contributed by atoms with Crippen LogP contribution in [0, 0.1) is 33.5 Å². The van der Waals surface area contributed by atoms with Gasteiger partial charge in [0.25, 0.3) is 0 Å². The Bertz CT molecular complexity index is 4780. The number of nitrogens with one attached hydrogen (secondary N) is 2. The predicted molar refractivity (Wildman–Crippen MR) is 432 cm³/mol. The van der Waals surface area contributed by atoms with E-state index in [1.165, 1.54) is 56.8 Å². The first kappa shape index (κ1) is 90.9. The van der Waals surface area contributed by atoms with Gasteiger partial charge in [0.2, 0.25) is 0 Å². The molecule has 0 unspecified atom stereocenters. The lowest BCUT2D eigenvalue weighted by molar-refractivity contribution is -0.345. The van der Waals surface area contributed by atoms with Crippen LogP contribution < -0.4 is 10.6 Å². The smallest absolute Gasteiger partial charge is 0.408 e. The summed E-state index contributed by atoms with van der Waals surface area (Å²) in [5.41, 5.74) is -11.1. The fourth-order valence-electron chi connectivity index (χ4n) is 21.5. The number of alkyl halides is 1. The monoisotopic (exact) mass is 1730 g/mol. The number of hydrogen-bond donors (Lipinski definition) is 6. The molecule has 0 spiro atoms. The zero-order valence-corrected chi connectivity index (χ0v) is 72.7. The van der Waals surface area contributed by atoms with Crippen molar-refractivity contribution >= 4 is 48.0 Å². The van der Waals surface area contributed by atoms with Crippen molar-refractivity contribution in [2.45, 2.75) is 287 Å². The number of halogens is 1. The molecule has 9 fully saturated rings. The number of aromatic nitrogens is 4. The number of likely N-dealkylation sites (tertiary alicyclic amines) is 1. The van der Waals surface area contributed by atoms with Crippen molar-refractivity contribution in [1.82, 2.24) is 35.5 Å². The molecule has 4 aromatic rings. The van der Waals surface area contributed by atoms with E-state index in [1.807, 2.05) is 18.7 Å². The van der Waals surface area contributed by atoms with E-state index in [1.54, 1.807) is 144 Å². The maximum atomic E-state index is 14.5. The molecule has 33 nitrogen and oxygen atoms in total. The standard InChI is InChI=1S/C46H59FN4O13.C44H55N3O13/c1-24-28(59-40(55)33(53)32(38-48-17-12-18-49-38)50-41(56)64-42(3,4)5)19-46(57)37(62-39(54)26-13-10-9-11-14-26)35-44(8,16-15-29-45(35,23-58-29)63-25(2)52)36-34(31(24)43(46,6)7)60-30(61-36)22-51-20-27(47)21-51;1-10-28-56-32-29-23(2)26(55-38(51)31(49)30(36-45-19-14-20-46-36)47-39(52)60-40(4,5)6)21-44(53,41(29,7)8)35(58-37(50)25-15-12-11-13-16-25)33-42(9,34(32)57-28)18-17-27-43(33,22-54-27)59-24(3)48/h9-14,17-18,27-30,32-37,53,57H,15-16,19-23H2,1-8H3,(H,50,56);10-16,19-20,26-28,30-35,49,53H,1,17-18,21-22H2,2-9H3,(H,47,52)/t28-,29+,30+,32+,33+,34+,35-,36+,37-,44+,45-,46+;26-,27+,28+,30+,31+,32+,33-,34+,35-,42+,43-,44+/m00/s1. The number of aliphatic hydroxyl groups excluding tert-OH is 2. The Balaban J connectivity index is 0.000000202. The summed E-state index contributed by atoms with van der Waals surface area (Å²) in [6.07, 6.45) is -10.8. The lowest BCUT2D eigenvalue weighted by atomic mass is 9.45. The number of esters is 6. The second kappa shape index (κ2) is 33.8. The molecule has 2 amide bonds. The molecule has 6 N–H and O–H groups in total. The van der Waals surface area contributed by atoms with Crippen molar-refractivity contribution in [3.05, 3.63) is 155 Å². The van der Waals surface area contributed by atoms with Gasteiger partial charge in [-0.15, -0.1) is 0 Å². The molecular weight excluding hydrogens is 1610 g/mol. The lowest BCUT2D eigenvalue weighted by Gasteiger charge is -2.68. The van der Waals surface area contributed by atoms with Gasteiger partial charge in [-0.2, -0.15) is 0 Å². The van der Waals surface area contributed by atoms with Crippen molar-refractivity contribution in [3.8, 4) is 0 Å². The minimum atomic E-state index is -2.12. The van der Waals surface area contributed by atoms with Gasteiger partial charge in [0.05, 0.1) is 48.4 Å². The first-order chi connectivity index (χ1) is 58.2. The van der Waals surface area contributed by atoms with E-state index in [2.05, 4.69) is 37.1 Å². The normalized spacial score (nSPS) is 35.2. The minimum absolute atomic E-state index is 0.0452. The molecule has 5 aliphatic heterocycles. The van der Waals surface area contributed by atoms with Crippen LogP contribution in [0.1, 0.15) is 194 Å². The van der Waals surface area contributed by atoms with Crippen LogP contribution in [0.5, 0.6) is 0 Å². The molecule has 2 aromatic heterocycles. The van der Waals surface area contributed by atoms with E-state index >= 15 is 0 Å². The van der Waals surface area contributed by atoms with Crippen LogP contribution in [0.25, 0.3) is 0 Å². The maximum absolute atomic E-state index is 14.5. The van der Waals surface area contributed by atoms with Gasteiger partial charge in [0, 0.05) is 92.8 Å². The molecule has 5 saturated heterocycles. The van der Waals surface area contributed by atoms with Gasteiger partial charge in [-0.05, 0) is 146 Å². The number of benzene rings is 2. The average Bonchev–Trinajstić information content (AvgIpc) is 1.09. The Morgan fingerprint density at radius 3 is 1.31 bits per heavy atom. The molecule has 7 heterocycles. The number of ether oxygens (including phenoxy) is 14. The highest BCUT2D eigenvalue weighted by Crippen LogP contribution is 2.69. The second-order valence-electron chi connectivity index (χ2n) is 38.1. The van der Waals surface area contributed by atoms with E-state index in [4.69, 9.17) is 66.3 Å². The molecule has 672 valence electrons. The number of nitrogens with zero attached hydrogens (tertiary/aromatic N) is 5. The van der Waals surface area contributed by atoms with Crippen LogP contribution in [0.4, 0.5) is 14.0 Å². The number of hydrogen-bond acceptors (Lipinski definition) is 31.